The highest BCUT2D eigenvalue weighted by Gasteiger charge is 2.31. The van der Waals surface area contributed by atoms with Gasteiger partial charge in [0.15, 0.2) is 0 Å². The van der Waals surface area contributed by atoms with Gasteiger partial charge in [0.25, 0.3) is 0 Å². The third-order valence-electron chi connectivity index (χ3n) is 4.76. The number of hydrogen-bond acceptors (Lipinski definition) is 3. The van der Waals surface area contributed by atoms with Gasteiger partial charge in [0.2, 0.25) is 0 Å². The molecule has 0 bridgehead atoms. The third-order valence-corrected chi connectivity index (χ3v) is 4.76. The molecule has 3 rings (SSSR count). The number of para-hydroxylation sites is 1. The Morgan fingerprint density at radius 3 is 2.45 bits per heavy atom. The van der Waals surface area contributed by atoms with Crippen LogP contribution in [-0.2, 0) is 0 Å². The van der Waals surface area contributed by atoms with Crippen LogP contribution in [0, 0.1) is 5.41 Å². The van der Waals surface area contributed by atoms with Crippen molar-refractivity contribution in [3.63, 3.8) is 0 Å². The molecule has 0 saturated heterocycles. The second-order valence-corrected chi connectivity index (χ2v) is 6.29. The second-order valence-electron chi connectivity index (χ2n) is 6.29. The lowest BCUT2D eigenvalue weighted by Gasteiger charge is -2.36. The first-order valence-electron chi connectivity index (χ1n) is 8.15. The monoisotopic (exact) mass is 296 g/mol. The molecule has 1 heterocycles. The van der Waals surface area contributed by atoms with E-state index < -0.39 is 0 Å². The van der Waals surface area contributed by atoms with Crippen LogP contribution in [0.25, 0.3) is 11.1 Å². The number of nitrogens with zero attached hydrogens (tertiary/aromatic N) is 1. The van der Waals surface area contributed by atoms with Gasteiger partial charge < -0.3 is 10.5 Å². The maximum Gasteiger partial charge on any atom is 0.127 e. The van der Waals surface area contributed by atoms with Crippen molar-refractivity contribution in [2.24, 2.45) is 11.1 Å². The van der Waals surface area contributed by atoms with Crippen LogP contribution in [-0.4, -0.2) is 18.1 Å². The molecule has 116 valence electrons. The molecule has 1 aromatic carbocycles. The van der Waals surface area contributed by atoms with Gasteiger partial charge in [-0.25, -0.2) is 0 Å². The predicted octanol–water partition coefficient (Wildman–Crippen LogP) is 4.04. The van der Waals surface area contributed by atoms with Gasteiger partial charge in [-0.2, -0.15) is 0 Å². The largest absolute Gasteiger partial charge is 0.492 e. The van der Waals surface area contributed by atoms with E-state index in [9.17, 15) is 0 Å². The van der Waals surface area contributed by atoms with Crippen molar-refractivity contribution in [1.82, 2.24) is 4.98 Å². The van der Waals surface area contributed by atoms with E-state index in [1.165, 1.54) is 32.1 Å². The molecular formula is C19H24N2O. The molecule has 0 aliphatic heterocycles. The smallest absolute Gasteiger partial charge is 0.127 e. The van der Waals surface area contributed by atoms with Crippen LogP contribution >= 0.6 is 0 Å². The second kappa shape index (κ2) is 6.93. The standard InChI is InChI=1S/C19H24N2O/c20-14-19(10-4-1-5-11-19)15-22-18-7-3-2-6-17(18)16-8-12-21-13-9-16/h2-3,6-9,12-13H,1,4-5,10-11,14-15,20H2. The quantitative estimate of drug-likeness (QED) is 0.906. The van der Waals surface area contributed by atoms with Crippen LogP contribution in [0.3, 0.4) is 0 Å². The van der Waals surface area contributed by atoms with Gasteiger partial charge in [-0.3, -0.25) is 4.98 Å². The Bertz CT molecular complexity index is 591. The highest BCUT2D eigenvalue weighted by atomic mass is 16.5. The molecule has 1 aliphatic carbocycles. The van der Waals surface area contributed by atoms with Crippen LogP contribution < -0.4 is 10.5 Å². The van der Waals surface area contributed by atoms with Crippen LogP contribution in [0.1, 0.15) is 32.1 Å². The molecule has 0 spiro atoms. The highest BCUT2D eigenvalue weighted by Crippen LogP contribution is 2.37. The summed E-state index contributed by atoms with van der Waals surface area (Å²) in [4.78, 5) is 4.09. The fourth-order valence-corrected chi connectivity index (χ4v) is 3.30. The lowest BCUT2D eigenvalue weighted by atomic mass is 9.75. The summed E-state index contributed by atoms with van der Waals surface area (Å²) in [5.74, 6) is 0.937. The fourth-order valence-electron chi connectivity index (χ4n) is 3.30. The summed E-state index contributed by atoms with van der Waals surface area (Å²) in [5, 5.41) is 0. The maximum absolute atomic E-state index is 6.22. The zero-order chi connectivity index (χ0) is 15.3. The van der Waals surface area contributed by atoms with Crippen molar-refractivity contribution in [2.45, 2.75) is 32.1 Å². The average molecular weight is 296 g/mol. The van der Waals surface area contributed by atoms with Gasteiger partial charge in [-0.15, -0.1) is 0 Å². The fraction of sp³-hybridized carbons (Fsp3) is 0.421. The summed E-state index contributed by atoms with van der Waals surface area (Å²) >= 11 is 0. The minimum atomic E-state index is 0.156. The van der Waals surface area contributed by atoms with E-state index in [1.54, 1.807) is 0 Å². The van der Waals surface area contributed by atoms with E-state index in [0.717, 1.165) is 16.9 Å². The molecule has 1 aromatic heterocycles. The van der Waals surface area contributed by atoms with Crippen LogP contribution in [0.5, 0.6) is 5.75 Å². The third kappa shape index (κ3) is 3.30. The molecule has 2 N–H and O–H groups in total. The van der Waals surface area contributed by atoms with E-state index in [0.29, 0.717) is 13.2 Å². The Kier molecular flexibility index (Phi) is 4.74. The molecule has 0 atom stereocenters. The van der Waals surface area contributed by atoms with E-state index in [2.05, 4.69) is 11.1 Å². The molecule has 1 aliphatic rings. The number of pyridine rings is 1. The van der Waals surface area contributed by atoms with Gasteiger partial charge in [-0.1, -0.05) is 37.5 Å². The molecular weight excluding hydrogens is 272 g/mol. The van der Waals surface area contributed by atoms with Crippen molar-refractivity contribution in [1.29, 1.82) is 0 Å². The molecule has 0 amide bonds. The number of aromatic nitrogens is 1. The van der Waals surface area contributed by atoms with Gasteiger partial charge in [-0.05, 0) is 36.6 Å². The predicted molar refractivity (Wildman–Crippen MR) is 89.7 cm³/mol. The Hall–Kier alpha value is -1.87. The van der Waals surface area contributed by atoms with Crippen molar-refractivity contribution in [3.05, 3.63) is 48.8 Å². The number of nitrogens with two attached hydrogens (primary N) is 1. The SMILES string of the molecule is NCC1(COc2ccccc2-c2ccncc2)CCCCC1. The van der Waals surface area contributed by atoms with Crippen LogP contribution in [0.4, 0.5) is 0 Å². The van der Waals surface area contributed by atoms with E-state index >= 15 is 0 Å². The normalized spacial score (nSPS) is 17.1. The number of benzene rings is 1. The Balaban J connectivity index is 1.78. The van der Waals surface area contributed by atoms with Crippen molar-refractivity contribution >= 4 is 0 Å². The number of rotatable bonds is 5. The van der Waals surface area contributed by atoms with Gasteiger partial charge >= 0.3 is 0 Å². The van der Waals surface area contributed by atoms with E-state index in [-0.39, 0.29) is 5.41 Å². The number of ether oxygens (including phenoxy) is 1. The van der Waals surface area contributed by atoms with Crippen molar-refractivity contribution in [3.8, 4) is 16.9 Å². The molecule has 0 unspecified atom stereocenters. The topological polar surface area (TPSA) is 48.1 Å². The van der Waals surface area contributed by atoms with Gasteiger partial charge in [0.05, 0.1) is 6.61 Å². The zero-order valence-electron chi connectivity index (χ0n) is 13.0. The summed E-state index contributed by atoms with van der Waals surface area (Å²) < 4.78 is 6.22. The molecule has 1 saturated carbocycles. The minimum Gasteiger partial charge on any atom is -0.492 e. The summed E-state index contributed by atoms with van der Waals surface area (Å²) in [7, 11) is 0. The first kappa shape index (κ1) is 15.0. The number of hydrogen-bond donors (Lipinski definition) is 1. The molecule has 2 aromatic rings. The Labute approximate surface area is 132 Å². The lowest BCUT2D eigenvalue weighted by molar-refractivity contribution is 0.105. The van der Waals surface area contributed by atoms with Crippen molar-refractivity contribution in [2.75, 3.05) is 13.2 Å². The zero-order valence-corrected chi connectivity index (χ0v) is 13.0. The molecule has 0 radical (unpaired) electrons. The van der Waals surface area contributed by atoms with Crippen LogP contribution in [0.2, 0.25) is 0 Å². The van der Waals surface area contributed by atoms with Crippen molar-refractivity contribution < 1.29 is 4.74 Å². The minimum absolute atomic E-state index is 0.156. The highest BCUT2D eigenvalue weighted by molar-refractivity contribution is 5.69. The van der Waals surface area contributed by atoms with Crippen LogP contribution in [0.15, 0.2) is 48.8 Å². The molecule has 3 nitrogen and oxygen atoms in total. The summed E-state index contributed by atoms with van der Waals surface area (Å²) in [5.41, 5.74) is 8.47. The lowest BCUT2D eigenvalue weighted by Crippen LogP contribution is -2.38. The average Bonchev–Trinajstić information content (AvgIpc) is 2.62. The first-order valence-corrected chi connectivity index (χ1v) is 8.15. The molecule has 1 fully saturated rings. The molecule has 3 heteroatoms. The van der Waals surface area contributed by atoms with E-state index in [4.69, 9.17) is 10.5 Å². The maximum atomic E-state index is 6.22. The molecule has 22 heavy (non-hydrogen) atoms. The van der Waals surface area contributed by atoms with E-state index in [1.807, 2.05) is 42.7 Å². The summed E-state index contributed by atoms with van der Waals surface area (Å²) in [6.07, 6.45) is 9.86. The van der Waals surface area contributed by atoms with Gasteiger partial charge in [0, 0.05) is 29.9 Å². The first-order chi connectivity index (χ1) is 10.8. The van der Waals surface area contributed by atoms with Gasteiger partial charge in [0.1, 0.15) is 5.75 Å². The Morgan fingerprint density at radius 2 is 1.73 bits per heavy atom. The summed E-state index contributed by atoms with van der Waals surface area (Å²) in [6.45, 7) is 1.43. The Morgan fingerprint density at radius 1 is 1.00 bits per heavy atom. The summed E-state index contributed by atoms with van der Waals surface area (Å²) in [6, 6.07) is 12.2.